The zero-order valence-electron chi connectivity index (χ0n) is 12.8. The summed E-state index contributed by atoms with van der Waals surface area (Å²) in [6.45, 7) is 1.41. The van der Waals surface area contributed by atoms with Crippen LogP contribution in [0, 0.1) is 0 Å². The highest BCUT2D eigenvalue weighted by atomic mass is 16.3. The zero-order chi connectivity index (χ0) is 15.9. The number of benzene rings is 2. The fraction of sp³-hybridized carbons (Fsp3) is 0.158. The van der Waals surface area contributed by atoms with E-state index in [1.165, 1.54) is 11.1 Å². The Morgan fingerprint density at radius 3 is 1.70 bits per heavy atom. The van der Waals surface area contributed by atoms with Gasteiger partial charge < -0.3 is 10.0 Å². The summed E-state index contributed by atoms with van der Waals surface area (Å²) in [6, 6.07) is 24.3. The third-order valence-electron chi connectivity index (χ3n) is 3.62. The Bertz CT molecular complexity index is 673. The van der Waals surface area contributed by atoms with Crippen LogP contribution in [0.25, 0.3) is 0 Å². The van der Waals surface area contributed by atoms with Gasteiger partial charge in [0, 0.05) is 13.1 Å². The highest BCUT2D eigenvalue weighted by Gasteiger charge is 2.10. The van der Waals surface area contributed by atoms with Gasteiger partial charge >= 0.3 is 0 Å². The largest absolute Gasteiger partial charge is 0.390 e. The molecule has 0 radical (unpaired) electrons. The molecule has 1 heterocycles. The molecule has 0 bridgehead atoms. The molecule has 0 aliphatic heterocycles. The van der Waals surface area contributed by atoms with Crippen LogP contribution in [0.1, 0.15) is 16.8 Å². The maximum atomic E-state index is 9.12. The van der Waals surface area contributed by atoms with Gasteiger partial charge in [-0.15, -0.1) is 5.10 Å². The van der Waals surface area contributed by atoms with Crippen molar-refractivity contribution < 1.29 is 5.11 Å². The monoisotopic (exact) mass is 305 g/mol. The molecular formula is C19H19N3O. The van der Waals surface area contributed by atoms with E-state index in [1.54, 1.807) is 0 Å². The molecule has 1 N–H and O–H groups in total. The Labute approximate surface area is 136 Å². The van der Waals surface area contributed by atoms with Gasteiger partial charge in [0.2, 0.25) is 0 Å². The molecule has 3 rings (SSSR count). The molecule has 0 aliphatic rings. The number of anilines is 1. The van der Waals surface area contributed by atoms with Crippen LogP contribution >= 0.6 is 0 Å². The molecule has 0 fully saturated rings. The molecule has 0 saturated heterocycles. The Kier molecular flexibility index (Phi) is 4.96. The summed E-state index contributed by atoms with van der Waals surface area (Å²) in [5.41, 5.74) is 3.01. The first kappa shape index (κ1) is 15.2. The van der Waals surface area contributed by atoms with Gasteiger partial charge in [-0.25, -0.2) is 0 Å². The number of aromatic nitrogens is 2. The lowest BCUT2D eigenvalue weighted by Gasteiger charge is -2.23. The molecule has 0 unspecified atom stereocenters. The minimum atomic E-state index is -0.0926. The normalized spacial score (nSPS) is 10.5. The van der Waals surface area contributed by atoms with Crippen LogP contribution < -0.4 is 4.90 Å². The SMILES string of the molecule is OCc1ccc(N(Cc2ccccc2)Cc2ccccc2)nn1. The average molecular weight is 305 g/mol. The van der Waals surface area contributed by atoms with Crippen molar-refractivity contribution in [2.75, 3.05) is 4.90 Å². The molecule has 1 aromatic heterocycles. The van der Waals surface area contributed by atoms with Crippen LogP contribution in [-0.4, -0.2) is 15.3 Å². The van der Waals surface area contributed by atoms with Gasteiger partial charge in [-0.1, -0.05) is 60.7 Å². The molecule has 3 aromatic rings. The summed E-state index contributed by atoms with van der Waals surface area (Å²) >= 11 is 0. The Morgan fingerprint density at radius 1 is 0.696 bits per heavy atom. The van der Waals surface area contributed by atoms with Gasteiger partial charge in [0.05, 0.1) is 12.3 Å². The van der Waals surface area contributed by atoms with Crippen molar-refractivity contribution in [1.29, 1.82) is 0 Å². The van der Waals surface area contributed by atoms with Crippen molar-refractivity contribution in [2.45, 2.75) is 19.7 Å². The summed E-state index contributed by atoms with van der Waals surface area (Å²) in [4.78, 5) is 2.18. The quantitative estimate of drug-likeness (QED) is 0.760. The maximum Gasteiger partial charge on any atom is 0.151 e. The molecule has 2 aromatic carbocycles. The molecule has 4 nitrogen and oxygen atoms in total. The number of aliphatic hydroxyl groups is 1. The highest BCUT2D eigenvalue weighted by Crippen LogP contribution is 2.17. The molecule has 4 heteroatoms. The Balaban J connectivity index is 1.85. The van der Waals surface area contributed by atoms with E-state index in [0.717, 1.165) is 18.9 Å². The van der Waals surface area contributed by atoms with Gasteiger partial charge in [-0.2, -0.15) is 5.10 Å². The van der Waals surface area contributed by atoms with Crippen LogP contribution in [0.2, 0.25) is 0 Å². The van der Waals surface area contributed by atoms with E-state index in [2.05, 4.69) is 39.4 Å². The van der Waals surface area contributed by atoms with E-state index in [0.29, 0.717) is 5.69 Å². The van der Waals surface area contributed by atoms with Crippen molar-refractivity contribution in [3.05, 3.63) is 89.6 Å². The Morgan fingerprint density at radius 2 is 1.26 bits per heavy atom. The first-order valence-corrected chi connectivity index (χ1v) is 7.61. The van der Waals surface area contributed by atoms with Crippen molar-refractivity contribution in [3.8, 4) is 0 Å². The lowest BCUT2D eigenvalue weighted by atomic mass is 10.1. The van der Waals surface area contributed by atoms with Crippen molar-refractivity contribution in [1.82, 2.24) is 10.2 Å². The number of nitrogens with zero attached hydrogens (tertiary/aromatic N) is 3. The first-order chi connectivity index (χ1) is 11.3. The fourth-order valence-corrected chi connectivity index (χ4v) is 2.43. The average Bonchev–Trinajstić information content (AvgIpc) is 2.63. The third kappa shape index (κ3) is 4.14. The van der Waals surface area contributed by atoms with Gasteiger partial charge in [0.15, 0.2) is 5.82 Å². The highest BCUT2D eigenvalue weighted by molar-refractivity contribution is 5.40. The second-order valence-corrected chi connectivity index (χ2v) is 5.37. The van der Waals surface area contributed by atoms with Gasteiger partial charge in [-0.05, 0) is 23.3 Å². The van der Waals surface area contributed by atoms with Gasteiger partial charge in [-0.3, -0.25) is 0 Å². The molecule has 116 valence electrons. The van der Waals surface area contributed by atoms with Gasteiger partial charge in [0.1, 0.15) is 0 Å². The van der Waals surface area contributed by atoms with Crippen molar-refractivity contribution in [2.24, 2.45) is 0 Å². The molecule has 0 atom stereocenters. The first-order valence-electron chi connectivity index (χ1n) is 7.61. The van der Waals surface area contributed by atoms with Crippen LogP contribution in [0.15, 0.2) is 72.8 Å². The summed E-state index contributed by atoms with van der Waals surface area (Å²) in [7, 11) is 0. The van der Waals surface area contributed by atoms with Gasteiger partial charge in [0.25, 0.3) is 0 Å². The van der Waals surface area contributed by atoms with E-state index < -0.39 is 0 Å². The molecule has 0 amide bonds. The van der Waals surface area contributed by atoms with E-state index >= 15 is 0 Å². The Hall–Kier alpha value is -2.72. The molecule has 0 aliphatic carbocycles. The van der Waals surface area contributed by atoms with Crippen molar-refractivity contribution in [3.63, 3.8) is 0 Å². The summed E-state index contributed by atoms with van der Waals surface area (Å²) in [5.74, 6) is 0.801. The lowest BCUT2D eigenvalue weighted by Crippen LogP contribution is -2.23. The molecule has 0 spiro atoms. The molecule has 23 heavy (non-hydrogen) atoms. The number of aliphatic hydroxyl groups excluding tert-OH is 1. The number of hydrogen-bond donors (Lipinski definition) is 1. The maximum absolute atomic E-state index is 9.12. The lowest BCUT2D eigenvalue weighted by molar-refractivity contribution is 0.275. The standard InChI is InChI=1S/C19H19N3O/c23-15-18-11-12-19(21-20-18)22(13-16-7-3-1-4-8-16)14-17-9-5-2-6-10-17/h1-12,23H,13-15H2. The summed E-state index contributed by atoms with van der Waals surface area (Å²) < 4.78 is 0. The van der Waals surface area contributed by atoms with Crippen LogP contribution in [-0.2, 0) is 19.7 Å². The second kappa shape index (κ2) is 7.51. The van der Waals surface area contributed by atoms with Crippen LogP contribution in [0.5, 0.6) is 0 Å². The fourth-order valence-electron chi connectivity index (χ4n) is 2.43. The van der Waals surface area contributed by atoms with E-state index in [4.69, 9.17) is 5.11 Å². The van der Waals surface area contributed by atoms with Crippen LogP contribution in [0.4, 0.5) is 5.82 Å². The predicted molar refractivity (Wildman–Crippen MR) is 90.7 cm³/mol. The molecular weight excluding hydrogens is 286 g/mol. The predicted octanol–water partition coefficient (Wildman–Crippen LogP) is 3.18. The number of rotatable bonds is 6. The minimum Gasteiger partial charge on any atom is -0.390 e. The van der Waals surface area contributed by atoms with Crippen LogP contribution in [0.3, 0.4) is 0 Å². The van der Waals surface area contributed by atoms with E-state index in [1.807, 2.05) is 48.5 Å². The topological polar surface area (TPSA) is 49.2 Å². The zero-order valence-corrected chi connectivity index (χ0v) is 12.8. The van der Waals surface area contributed by atoms with Crippen molar-refractivity contribution >= 4 is 5.82 Å². The smallest absolute Gasteiger partial charge is 0.151 e. The summed E-state index contributed by atoms with van der Waals surface area (Å²) in [5, 5.41) is 17.4. The summed E-state index contributed by atoms with van der Waals surface area (Å²) in [6.07, 6.45) is 0. The molecule has 0 saturated carbocycles. The van der Waals surface area contributed by atoms with E-state index in [9.17, 15) is 0 Å². The minimum absolute atomic E-state index is 0.0926. The second-order valence-electron chi connectivity index (χ2n) is 5.37. The third-order valence-corrected chi connectivity index (χ3v) is 3.62. The number of hydrogen-bond acceptors (Lipinski definition) is 4. The van der Waals surface area contributed by atoms with E-state index in [-0.39, 0.29) is 6.61 Å².